The number of carbonyl (C=O) groups excluding carboxylic acids is 5. The summed E-state index contributed by atoms with van der Waals surface area (Å²) in [6.45, 7) is 4.72. The highest BCUT2D eigenvalue weighted by Crippen LogP contribution is 2.42. The number of ether oxygens (including phenoxy) is 6. The number of thiazole rings is 1. The molecule has 4 amide bonds. The van der Waals surface area contributed by atoms with Gasteiger partial charge in [0.25, 0.3) is 11.8 Å². The first-order chi connectivity index (χ1) is 31.5. The zero-order valence-electron chi connectivity index (χ0n) is 36.2. The van der Waals surface area contributed by atoms with E-state index in [1.165, 1.54) is 47.3 Å². The largest absolute Gasteiger partial charge is 0.493 e. The number of fused-ring (bicyclic) bond motifs is 3. The van der Waals surface area contributed by atoms with Crippen molar-refractivity contribution in [1.82, 2.24) is 19.4 Å². The number of aryl methyl sites for hydroxylation is 1. The van der Waals surface area contributed by atoms with Crippen LogP contribution in [0.1, 0.15) is 81.0 Å². The lowest BCUT2D eigenvalue weighted by molar-refractivity contribution is -0.198. The number of hydrogen-bond acceptors (Lipinski definition) is 14. The molecule has 3 atom stereocenters. The van der Waals surface area contributed by atoms with Gasteiger partial charge in [0.15, 0.2) is 35.0 Å². The topological polar surface area (TPSA) is 202 Å². The Balaban J connectivity index is 0.963. The van der Waals surface area contributed by atoms with Crippen molar-refractivity contribution < 1.29 is 52.4 Å². The monoisotopic (exact) mass is 907 g/mol. The van der Waals surface area contributed by atoms with E-state index in [9.17, 15) is 24.0 Å². The molecule has 3 aliphatic rings. The Morgan fingerprint density at radius 1 is 0.969 bits per heavy atom. The second-order valence-corrected chi connectivity index (χ2v) is 16.7. The number of amides is 4. The van der Waals surface area contributed by atoms with E-state index in [4.69, 9.17) is 28.4 Å². The van der Waals surface area contributed by atoms with Crippen molar-refractivity contribution in [2.75, 3.05) is 49.5 Å². The number of methoxy groups -OCH3 is 2. The fourth-order valence-corrected chi connectivity index (χ4v) is 9.01. The Hall–Kier alpha value is -6.83. The highest BCUT2D eigenvalue weighted by Gasteiger charge is 2.47. The first-order valence-electron chi connectivity index (χ1n) is 21.2. The van der Waals surface area contributed by atoms with Gasteiger partial charge in [-0.25, -0.2) is 24.5 Å². The Morgan fingerprint density at radius 3 is 2.58 bits per heavy atom. The molecule has 3 aromatic carbocycles. The fourth-order valence-electron chi connectivity index (χ4n) is 8.17. The number of imidazole rings is 1. The average Bonchev–Trinajstić information content (AvgIpc) is 3.88. The van der Waals surface area contributed by atoms with Crippen LogP contribution >= 0.6 is 11.3 Å². The molecule has 2 aromatic heterocycles. The molecule has 2 fully saturated rings. The van der Waals surface area contributed by atoms with E-state index >= 15 is 0 Å². The molecule has 19 heteroatoms. The number of anilines is 3. The van der Waals surface area contributed by atoms with Gasteiger partial charge in [-0.15, -0.1) is 0 Å². The maximum Gasteiger partial charge on any atom is 0.416 e. The van der Waals surface area contributed by atoms with Crippen molar-refractivity contribution in [1.29, 1.82) is 0 Å². The van der Waals surface area contributed by atoms with Gasteiger partial charge in [0.2, 0.25) is 11.7 Å². The van der Waals surface area contributed by atoms with Crippen LogP contribution in [0.5, 0.6) is 11.5 Å². The van der Waals surface area contributed by atoms with E-state index < -0.39 is 36.5 Å². The van der Waals surface area contributed by atoms with Crippen LogP contribution in [-0.4, -0.2) is 102 Å². The van der Waals surface area contributed by atoms with Crippen LogP contribution in [0.25, 0.3) is 10.2 Å². The minimum Gasteiger partial charge on any atom is -0.493 e. The Bertz CT molecular complexity index is 2620. The van der Waals surface area contributed by atoms with Crippen molar-refractivity contribution in [3.63, 3.8) is 0 Å². The fraction of sp³-hybridized carbons (Fsp3) is 0.370. The first-order valence-corrected chi connectivity index (χ1v) is 22.1. The van der Waals surface area contributed by atoms with E-state index in [0.717, 1.165) is 35.9 Å². The third-order valence-electron chi connectivity index (χ3n) is 11.2. The molecular formula is C46H49N7O11S. The van der Waals surface area contributed by atoms with E-state index in [0.29, 0.717) is 47.8 Å². The zero-order valence-corrected chi connectivity index (χ0v) is 37.0. The van der Waals surface area contributed by atoms with Gasteiger partial charge in [-0.1, -0.05) is 48.3 Å². The molecule has 18 nitrogen and oxygen atoms in total. The number of nitrogens with one attached hydrogen (secondary N) is 2. The summed E-state index contributed by atoms with van der Waals surface area (Å²) in [7, 11) is 4.41. The molecule has 8 rings (SSSR count). The van der Waals surface area contributed by atoms with Gasteiger partial charge in [-0.2, -0.15) is 0 Å². The average molecular weight is 908 g/mol. The van der Waals surface area contributed by atoms with Gasteiger partial charge >= 0.3 is 12.1 Å². The van der Waals surface area contributed by atoms with Crippen LogP contribution in [0.2, 0.25) is 0 Å². The molecule has 5 aromatic rings. The maximum atomic E-state index is 14.3. The van der Waals surface area contributed by atoms with Crippen LogP contribution in [0.3, 0.4) is 0 Å². The molecular weight excluding hydrogens is 859 g/mol. The molecule has 0 radical (unpaired) electrons. The number of nitrogens with zero attached hydrogens (tertiary/aromatic N) is 5. The second kappa shape index (κ2) is 19.9. The van der Waals surface area contributed by atoms with Gasteiger partial charge < -0.3 is 43.2 Å². The molecule has 340 valence electrons. The number of esters is 1. The number of rotatable bonds is 14. The highest BCUT2D eigenvalue weighted by atomic mass is 32.1. The molecule has 2 saturated heterocycles. The molecule has 2 N–H and O–H groups in total. The molecule has 0 bridgehead atoms. The quantitative estimate of drug-likeness (QED) is 0.0867. The molecule has 5 heterocycles. The van der Waals surface area contributed by atoms with Gasteiger partial charge in [0.05, 0.1) is 53.7 Å². The summed E-state index contributed by atoms with van der Waals surface area (Å²) in [5.74, 6) is -0.883. The smallest absolute Gasteiger partial charge is 0.416 e. The number of carbonyl (C=O) groups is 5. The van der Waals surface area contributed by atoms with Crippen LogP contribution in [0.4, 0.5) is 21.4 Å². The Labute approximate surface area is 378 Å². The van der Waals surface area contributed by atoms with Crippen LogP contribution < -0.4 is 25.0 Å². The third kappa shape index (κ3) is 9.96. The number of piperidine rings is 1. The Morgan fingerprint density at radius 2 is 1.80 bits per heavy atom. The van der Waals surface area contributed by atoms with Gasteiger partial charge in [0, 0.05) is 32.5 Å². The molecule has 3 aliphatic heterocycles. The van der Waals surface area contributed by atoms with Crippen LogP contribution in [0.15, 0.2) is 73.4 Å². The van der Waals surface area contributed by atoms with Gasteiger partial charge in [0.1, 0.15) is 13.2 Å². The van der Waals surface area contributed by atoms with E-state index in [-0.39, 0.29) is 65.8 Å². The molecule has 1 unspecified atom stereocenters. The van der Waals surface area contributed by atoms with Gasteiger partial charge in [-0.3, -0.25) is 19.7 Å². The number of benzene rings is 3. The predicted octanol–water partition coefficient (Wildman–Crippen LogP) is 6.84. The lowest BCUT2D eigenvalue weighted by Crippen LogP contribution is -2.57. The lowest BCUT2D eigenvalue weighted by atomic mass is 10.00. The predicted molar refractivity (Wildman–Crippen MR) is 239 cm³/mol. The van der Waals surface area contributed by atoms with Crippen molar-refractivity contribution in [3.8, 4) is 11.5 Å². The third-order valence-corrected chi connectivity index (χ3v) is 12.2. The molecule has 0 saturated carbocycles. The number of aromatic nitrogens is 3. The number of hydrogen-bond donors (Lipinski definition) is 2. The van der Waals surface area contributed by atoms with Crippen molar-refractivity contribution in [2.24, 2.45) is 7.05 Å². The molecule has 0 aliphatic carbocycles. The summed E-state index contributed by atoms with van der Waals surface area (Å²) in [4.78, 5) is 78.7. The van der Waals surface area contributed by atoms with Crippen molar-refractivity contribution >= 4 is 68.0 Å². The summed E-state index contributed by atoms with van der Waals surface area (Å²) in [5.41, 5.74) is 2.77. The van der Waals surface area contributed by atoms with E-state index in [1.54, 1.807) is 54.4 Å². The normalized spacial score (nSPS) is 18.2. The minimum absolute atomic E-state index is 0.0129. The summed E-state index contributed by atoms with van der Waals surface area (Å²) in [6.07, 6.45) is 5.56. The van der Waals surface area contributed by atoms with Gasteiger partial charge in [-0.05, 0) is 73.9 Å². The second-order valence-electron chi connectivity index (χ2n) is 15.7. The molecule has 0 spiro atoms. The summed E-state index contributed by atoms with van der Waals surface area (Å²) in [6, 6.07) is 15.0. The van der Waals surface area contributed by atoms with Crippen molar-refractivity contribution in [2.45, 2.75) is 70.1 Å². The first kappa shape index (κ1) is 44.8. The maximum absolute atomic E-state index is 14.3. The summed E-state index contributed by atoms with van der Waals surface area (Å²) < 4.78 is 37.3. The standard InChI is InChI=1S/C46H49N7O11S/c1-5-18-62-46(58)53-33-24-35(34(59-3)23-30(33)42(56)52-17-8-6-13-32(52)43(53)64-39-14-7-9-19-61-39)63-26-28-12-10-11-27(20-28)21-38(54)48-37-25-51(2)40(49-37)41(55)50-45-47-31-22-29(44(57)60-4)15-16-36(31)65-45/h5,10-12,15-16,20,22-25,32,39,43H,1,6-9,13-14,17-19,21,26H2,2-4H3,(H,48,54)(H,47,50,55)/t32-,39?,43-/m0/s1. The lowest BCUT2D eigenvalue weighted by Gasteiger charge is -2.42. The van der Waals surface area contributed by atoms with E-state index in [2.05, 4.69) is 27.2 Å². The van der Waals surface area contributed by atoms with Crippen LogP contribution in [0, 0.1) is 0 Å². The summed E-state index contributed by atoms with van der Waals surface area (Å²) >= 11 is 1.24. The zero-order chi connectivity index (χ0) is 45.6. The Kier molecular flexibility index (Phi) is 13.7. The van der Waals surface area contributed by atoms with Crippen LogP contribution in [-0.2, 0) is 43.8 Å². The highest BCUT2D eigenvalue weighted by molar-refractivity contribution is 7.22. The minimum atomic E-state index is -0.908. The summed E-state index contributed by atoms with van der Waals surface area (Å²) in [5, 5.41) is 5.82. The van der Waals surface area contributed by atoms with E-state index in [1.807, 2.05) is 12.1 Å². The SMILES string of the molecule is C=CCOC(=O)N1c2cc(OCc3cccc(CC(=O)Nc4cn(C)c(C(=O)Nc5nc6cc(C(=O)OC)ccc6s5)n4)c3)c(OC)cc2C(=O)N2CCCC[C@H]2[C@@H]1OC1CCCCO1. The van der Waals surface area contributed by atoms with Crippen molar-refractivity contribution in [3.05, 3.63) is 102 Å². The molecule has 65 heavy (non-hydrogen) atoms.